The second-order valence-electron chi connectivity index (χ2n) is 7.08. The van der Waals surface area contributed by atoms with Gasteiger partial charge in [0.15, 0.2) is 0 Å². The van der Waals surface area contributed by atoms with Gasteiger partial charge in [-0.1, -0.05) is 0 Å². The minimum absolute atomic E-state index is 0.218. The highest BCUT2D eigenvalue weighted by atomic mass is 19.1. The highest BCUT2D eigenvalue weighted by molar-refractivity contribution is 5.47. The van der Waals surface area contributed by atoms with E-state index in [9.17, 15) is 4.39 Å². The summed E-state index contributed by atoms with van der Waals surface area (Å²) in [6.45, 7) is 2.95. The molecule has 1 heterocycles. The van der Waals surface area contributed by atoms with Crippen LogP contribution in [-0.2, 0) is 6.54 Å². The minimum atomic E-state index is -0.218. The Kier molecular flexibility index (Phi) is 3.57. The zero-order valence-corrected chi connectivity index (χ0v) is 12.5. The zero-order chi connectivity index (χ0) is 14.2. The van der Waals surface area contributed by atoms with Crippen molar-refractivity contribution in [2.75, 3.05) is 18.0 Å². The number of nitrogens with one attached hydrogen (secondary N) is 1. The first kappa shape index (κ1) is 13.5. The zero-order valence-electron chi connectivity index (χ0n) is 12.5. The summed E-state index contributed by atoms with van der Waals surface area (Å²) < 4.78 is 13.6. The van der Waals surface area contributed by atoms with Crippen LogP contribution in [0.3, 0.4) is 0 Å². The summed E-state index contributed by atoms with van der Waals surface area (Å²) in [6, 6.07) is 2.31. The van der Waals surface area contributed by atoms with Crippen molar-refractivity contribution < 1.29 is 4.39 Å². The van der Waals surface area contributed by atoms with Gasteiger partial charge < -0.3 is 10.2 Å². The molecule has 3 aliphatic carbocycles. The molecule has 0 unspecified atom stereocenters. The van der Waals surface area contributed by atoms with Gasteiger partial charge in [0.1, 0.15) is 11.6 Å². The summed E-state index contributed by atoms with van der Waals surface area (Å²) in [6.07, 6.45) is 9.27. The molecule has 0 radical (unpaired) electrons. The van der Waals surface area contributed by atoms with Gasteiger partial charge in [0.2, 0.25) is 0 Å². The monoisotopic (exact) mass is 289 g/mol. The molecule has 0 aliphatic heterocycles. The smallest absolute Gasteiger partial charge is 0.141 e. The Morgan fingerprint density at radius 1 is 1.10 bits per heavy atom. The number of nitrogens with zero attached hydrogens (tertiary/aromatic N) is 2. The van der Waals surface area contributed by atoms with Crippen LogP contribution < -0.4 is 10.2 Å². The number of aromatic nitrogens is 1. The van der Waals surface area contributed by atoms with Gasteiger partial charge in [-0.15, -0.1) is 0 Å². The lowest BCUT2D eigenvalue weighted by Crippen LogP contribution is -2.31. The fraction of sp³-hybridized carbons (Fsp3) is 0.706. The molecule has 3 aliphatic rings. The van der Waals surface area contributed by atoms with E-state index in [0.29, 0.717) is 6.04 Å². The third-order valence-electron chi connectivity index (χ3n) is 4.72. The molecule has 21 heavy (non-hydrogen) atoms. The van der Waals surface area contributed by atoms with Crippen molar-refractivity contribution in [2.45, 2.75) is 51.1 Å². The molecule has 3 fully saturated rings. The maximum absolute atomic E-state index is 13.6. The van der Waals surface area contributed by atoms with Gasteiger partial charge in [0.25, 0.3) is 0 Å². The highest BCUT2D eigenvalue weighted by Crippen LogP contribution is 2.36. The Morgan fingerprint density at radius 2 is 1.76 bits per heavy atom. The largest absolute Gasteiger partial charge is 0.356 e. The van der Waals surface area contributed by atoms with E-state index in [1.807, 2.05) is 0 Å². The first-order valence-corrected chi connectivity index (χ1v) is 8.40. The van der Waals surface area contributed by atoms with Gasteiger partial charge in [-0.25, -0.2) is 9.37 Å². The molecule has 4 rings (SSSR count). The topological polar surface area (TPSA) is 28.2 Å². The third kappa shape index (κ3) is 3.73. The first-order chi connectivity index (χ1) is 10.3. The van der Waals surface area contributed by atoms with E-state index in [1.165, 1.54) is 44.7 Å². The molecule has 1 N–H and O–H groups in total. The maximum atomic E-state index is 13.6. The van der Waals surface area contributed by atoms with Crippen LogP contribution in [-0.4, -0.2) is 24.1 Å². The molecule has 114 valence electrons. The molecule has 0 amide bonds. The van der Waals surface area contributed by atoms with E-state index >= 15 is 0 Å². The fourth-order valence-electron chi connectivity index (χ4n) is 2.90. The van der Waals surface area contributed by atoms with Crippen molar-refractivity contribution in [3.05, 3.63) is 23.6 Å². The first-order valence-electron chi connectivity index (χ1n) is 8.40. The SMILES string of the molecule is Fc1cnc(N(CC2CC2)CC2CC2)c(CNC2CC2)c1. The van der Waals surface area contributed by atoms with Crippen molar-refractivity contribution in [1.82, 2.24) is 10.3 Å². The normalized spacial score (nSPS) is 21.6. The predicted octanol–water partition coefficient (Wildman–Crippen LogP) is 3.10. The minimum Gasteiger partial charge on any atom is -0.356 e. The molecule has 0 aromatic carbocycles. The number of rotatable bonds is 8. The van der Waals surface area contributed by atoms with Crippen LogP contribution in [0.2, 0.25) is 0 Å². The number of hydrogen-bond donors (Lipinski definition) is 1. The van der Waals surface area contributed by atoms with E-state index in [0.717, 1.165) is 42.9 Å². The molecule has 1 aromatic rings. The second-order valence-corrected chi connectivity index (χ2v) is 7.08. The maximum Gasteiger partial charge on any atom is 0.141 e. The molecular weight excluding hydrogens is 265 g/mol. The van der Waals surface area contributed by atoms with E-state index in [2.05, 4.69) is 15.2 Å². The Balaban J connectivity index is 1.53. The Bertz CT molecular complexity index is 493. The van der Waals surface area contributed by atoms with Crippen molar-refractivity contribution in [2.24, 2.45) is 11.8 Å². The van der Waals surface area contributed by atoms with Crippen molar-refractivity contribution in [3.63, 3.8) is 0 Å². The van der Waals surface area contributed by atoms with Crippen LogP contribution in [0.15, 0.2) is 12.3 Å². The fourth-order valence-corrected chi connectivity index (χ4v) is 2.90. The second kappa shape index (κ2) is 5.56. The van der Waals surface area contributed by atoms with Gasteiger partial charge in [-0.05, 0) is 56.4 Å². The molecule has 0 bridgehead atoms. The average molecular weight is 289 g/mol. The summed E-state index contributed by atoms with van der Waals surface area (Å²) in [4.78, 5) is 6.88. The molecule has 0 saturated heterocycles. The molecular formula is C17H24FN3. The lowest BCUT2D eigenvalue weighted by molar-refractivity contribution is 0.604. The number of pyridine rings is 1. The van der Waals surface area contributed by atoms with Gasteiger partial charge >= 0.3 is 0 Å². The Labute approximate surface area is 125 Å². The Morgan fingerprint density at radius 3 is 2.33 bits per heavy atom. The van der Waals surface area contributed by atoms with Crippen LogP contribution in [0, 0.1) is 17.7 Å². The predicted molar refractivity (Wildman–Crippen MR) is 81.7 cm³/mol. The van der Waals surface area contributed by atoms with Gasteiger partial charge in [0.05, 0.1) is 6.20 Å². The quantitative estimate of drug-likeness (QED) is 0.797. The molecule has 3 saturated carbocycles. The summed E-state index contributed by atoms with van der Waals surface area (Å²) >= 11 is 0. The standard InChI is InChI=1S/C17H24FN3/c18-15-7-14(8-19-16-5-6-16)17(20-9-15)21(10-12-1-2-12)11-13-3-4-13/h7,9,12-13,16,19H,1-6,8,10-11H2. The van der Waals surface area contributed by atoms with Crippen LogP contribution in [0.5, 0.6) is 0 Å². The summed E-state index contributed by atoms with van der Waals surface area (Å²) in [5.41, 5.74) is 1.03. The van der Waals surface area contributed by atoms with Gasteiger partial charge in [0, 0.05) is 31.2 Å². The number of halogens is 1. The van der Waals surface area contributed by atoms with Gasteiger partial charge in [-0.3, -0.25) is 0 Å². The third-order valence-corrected chi connectivity index (χ3v) is 4.72. The lowest BCUT2D eigenvalue weighted by Gasteiger charge is -2.26. The van der Waals surface area contributed by atoms with Crippen LogP contribution in [0.1, 0.15) is 44.1 Å². The Hall–Kier alpha value is -1.16. The van der Waals surface area contributed by atoms with Crippen molar-refractivity contribution in [1.29, 1.82) is 0 Å². The van der Waals surface area contributed by atoms with E-state index < -0.39 is 0 Å². The number of hydrogen-bond acceptors (Lipinski definition) is 3. The molecule has 4 heteroatoms. The van der Waals surface area contributed by atoms with Crippen LogP contribution >= 0.6 is 0 Å². The van der Waals surface area contributed by atoms with Crippen LogP contribution in [0.25, 0.3) is 0 Å². The highest BCUT2D eigenvalue weighted by Gasteiger charge is 2.31. The van der Waals surface area contributed by atoms with Crippen molar-refractivity contribution in [3.8, 4) is 0 Å². The average Bonchev–Trinajstić information content (AvgIpc) is 3.33. The van der Waals surface area contributed by atoms with Crippen molar-refractivity contribution >= 4 is 5.82 Å². The molecule has 0 spiro atoms. The van der Waals surface area contributed by atoms with E-state index in [1.54, 1.807) is 6.07 Å². The van der Waals surface area contributed by atoms with E-state index in [4.69, 9.17) is 0 Å². The molecule has 3 nitrogen and oxygen atoms in total. The van der Waals surface area contributed by atoms with Crippen LogP contribution in [0.4, 0.5) is 10.2 Å². The summed E-state index contributed by atoms with van der Waals surface area (Å²) in [5, 5.41) is 3.50. The van der Waals surface area contributed by atoms with Gasteiger partial charge in [-0.2, -0.15) is 0 Å². The summed E-state index contributed by atoms with van der Waals surface area (Å²) in [7, 11) is 0. The lowest BCUT2D eigenvalue weighted by atomic mass is 10.2. The molecule has 1 aromatic heterocycles. The van der Waals surface area contributed by atoms with E-state index in [-0.39, 0.29) is 5.82 Å². The summed E-state index contributed by atoms with van der Waals surface area (Å²) in [5.74, 6) is 2.46. The number of anilines is 1. The molecule has 0 atom stereocenters.